The Morgan fingerprint density at radius 1 is 1.36 bits per heavy atom. The third kappa shape index (κ3) is 4.78. The van der Waals surface area contributed by atoms with Gasteiger partial charge in [-0.25, -0.2) is 0 Å². The van der Waals surface area contributed by atoms with Crippen LogP contribution in [0.15, 0.2) is 0 Å². The number of esters is 1. The van der Waals surface area contributed by atoms with Crippen LogP contribution in [0.2, 0.25) is 18.1 Å². The molecule has 0 unspecified atom stereocenters. The Labute approximate surface area is 136 Å². The Bertz CT molecular complexity index is 403. The smallest absolute Gasteiger partial charge is 0.307 e. The van der Waals surface area contributed by atoms with Gasteiger partial charge in [-0.15, -0.1) is 0 Å². The fourth-order valence-corrected chi connectivity index (χ4v) is 3.34. The van der Waals surface area contributed by atoms with Crippen LogP contribution < -0.4 is 0 Å². The number of carbonyl (C=O) groups is 1. The van der Waals surface area contributed by atoms with Gasteiger partial charge in [0.1, 0.15) is 0 Å². The molecule has 0 aliphatic carbocycles. The topological polar surface area (TPSA) is 48.0 Å². The largest absolute Gasteiger partial charge is 0.469 e. The maximum absolute atomic E-state index is 11.7. The van der Waals surface area contributed by atoms with Crippen molar-refractivity contribution in [2.24, 2.45) is 5.92 Å². The van der Waals surface area contributed by atoms with Gasteiger partial charge in [0.25, 0.3) is 0 Å². The van der Waals surface area contributed by atoms with Gasteiger partial charge in [-0.05, 0) is 44.3 Å². The van der Waals surface area contributed by atoms with E-state index in [9.17, 15) is 4.79 Å². The van der Waals surface area contributed by atoms with E-state index in [1.807, 2.05) is 0 Å². The summed E-state index contributed by atoms with van der Waals surface area (Å²) < 4.78 is 11.2. The van der Waals surface area contributed by atoms with Crippen molar-refractivity contribution >= 4 is 14.3 Å². The van der Waals surface area contributed by atoms with Crippen LogP contribution in [-0.4, -0.2) is 38.3 Å². The molecular formula is C16H33NO4Si. The molecule has 2 atom stereocenters. The van der Waals surface area contributed by atoms with Crippen molar-refractivity contribution < 1.29 is 18.9 Å². The summed E-state index contributed by atoms with van der Waals surface area (Å²) in [4.78, 5) is 17.8. The van der Waals surface area contributed by atoms with Gasteiger partial charge in [0.15, 0.2) is 0 Å². The highest BCUT2D eigenvalue weighted by Gasteiger charge is 2.47. The molecule has 1 aliphatic heterocycles. The predicted octanol–water partition coefficient (Wildman–Crippen LogP) is 3.91. The van der Waals surface area contributed by atoms with Crippen LogP contribution in [0.3, 0.4) is 0 Å². The van der Waals surface area contributed by atoms with Gasteiger partial charge in [0.2, 0.25) is 8.32 Å². The summed E-state index contributed by atoms with van der Waals surface area (Å²) in [5, 5.41) is 1.68. The minimum Gasteiger partial charge on any atom is -0.469 e. The average Bonchev–Trinajstić information content (AvgIpc) is 2.30. The van der Waals surface area contributed by atoms with Crippen molar-refractivity contribution in [3.05, 3.63) is 0 Å². The number of rotatable bonds is 4. The van der Waals surface area contributed by atoms with E-state index in [2.05, 4.69) is 54.6 Å². The van der Waals surface area contributed by atoms with Crippen LogP contribution in [0.4, 0.5) is 0 Å². The normalized spacial score (nSPS) is 26.8. The number of hydrogen-bond acceptors (Lipinski definition) is 5. The van der Waals surface area contributed by atoms with Gasteiger partial charge in [-0.3, -0.25) is 9.63 Å². The first kappa shape index (κ1) is 19.6. The average molecular weight is 332 g/mol. The molecule has 0 aromatic rings. The summed E-state index contributed by atoms with van der Waals surface area (Å²) in [7, 11) is -0.622. The highest BCUT2D eigenvalue weighted by atomic mass is 28.4. The highest BCUT2D eigenvalue weighted by Crippen LogP contribution is 2.41. The molecule has 1 saturated heterocycles. The first-order chi connectivity index (χ1) is 9.79. The molecule has 0 saturated carbocycles. The molecule has 0 aromatic heterocycles. The standard InChI is InChI=1S/C16H33NO4Si/c1-12-11-16(5,6)20-17(13(12)10-14(18)19-7)21-22(8,9)15(2,3)4/h12-13H,10-11H2,1-9H3/t12-,13-/m0/s1. The van der Waals surface area contributed by atoms with E-state index in [1.54, 1.807) is 5.23 Å². The number of nitrogens with zero attached hydrogens (tertiary/aromatic N) is 1. The number of hydrogen-bond donors (Lipinski definition) is 0. The van der Waals surface area contributed by atoms with Crippen LogP contribution in [-0.2, 0) is 18.9 Å². The Hall–Kier alpha value is -0.433. The van der Waals surface area contributed by atoms with Gasteiger partial charge < -0.3 is 9.26 Å². The van der Waals surface area contributed by atoms with Gasteiger partial charge in [-0.2, -0.15) is 0 Å². The van der Waals surface area contributed by atoms with E-state index < -0.39 is 8.32 Å². The molecular weight excluding hydrogens is 298 g/mol. The zero-order valence-electron chi connectivity index (χ0n) is 15.6. The lowest BCUT2D eigenvalue weighted by Gasteiger charge is -2.49. The van der Waals surface area contributed by atoms with Crippen molar-refractivity contribution in [1.82, 2.24) is 5.23 Å². The van der Waals surface area contributed by atoms with Gasteiger partial charge in [-0.1, -0.05) is 32.9 Å². The Kier molecular flexibility index (Phi) is 5.88. The highest BCUT2D eigenvalue weighted by molar-refractivity contribution is 6.74. The Morgan fingerprint density at radius 3 is 2.36 bits per heavy atom. The minimum absolute atomic E-state index is 0.0665. The maximum Gasteiger partial charge on any atom is 0.307 e. The van der Waals surface area contributed by atoms with Crippen LogP contribution >= 0.6 is 0 Å². The number of methoxy groups -OCH3 is 1. The molecule has 1 fully saturated rings. The minimum atomic E-state index is -2.04. The summed E-state index contributed by atoms with van der Waals surface area (Å²) in [6, 6.07) is -0.116. The van der Waals surface area contributed by atoms with E-state index in [4.69, 9.17) is 14.1 Å². The molecule has 6 heteroatoms. The zero-order chi connectivity index (χ0) is 17.3. The lowest BCUT2D eigenvalue weighted by Crippen LogP contribution is -2.57. The van der Waals surface area contributed by atoms with Crippen LogP contribution in [0.25, 0.3) is 0 Å². The van der Waals surface area contributed by atoms with E-state index in [0.29, 0.717) is 0 Å². The fourth-order valence-electron chi connectivity index (χ4n) is 2.45. The first-order valence-electron chi connectivity index (χ1n) is 8.03. The lowest BCUT2D eigenvalue weighted by atomic mass is 9.86. The second-order valence-corrected chi connectivity index (χ2v) is 13.2. The lowest BCUT2D eigenvalue weighted by molar-refractivity contribution is -0.415. The third-order valence-corrected chi connectivity index (χ3v) is 9.05. The summed E-state index contributed by atoms with van der Waals surface area (Å²) in [5.74, 6) is 0.0524. The van der Waals surface area contributed by atoms with Crippen LogP contribution in [0.5, 0.6) is 0 Å². The molecule has 5 nitrogen and oxygen atoms in total. The molecule has 130 valence electrons. The molecule has 0 N–H and O–H groups in total. The van der Waals surface area contributed by atoms with E-state index in [1.165, 1.54) is 7.11 Å². The van der Waals surface area contributed by atoms with Crippen molar-refractivity contribution in [2.75, 3.05) is 7.11 Å². The predicted molar refractivity (Wildman–Crippen MR) is 89.5 cm³/mol. The van der Waals surface area contributed by atoms with Crippen molar-refractivity contribution in [2.45, 2.75) is 84.2 Å². The van der Waals surface area contributed by atoms with E-state index in [-0.39, 0.29) is 35.0 Å². The molecule has 0 aromatic carbocycles. The van der Waals surface area contributed by atoms with Crippen molar-refractivity contribution in [3.8, 4) is 0 Å². The molecule has 0 bridgehead atoms. The summed E-state index contributed by atoms with van der Waals surface area (Å²) in [5.41, 5.74) is -0.297. The van der Waals surface area contributed by atoms with E-state index in [0.717, 1.165) is 6.42 Å². The Balaban J connectivity index is 2.99. The molecule has 22 heavy (non-hydrogen) atoms. The van der Waals surface area contributed by atoms with Crippen LogP contribution in [0, 0.1) is 5.92 Å². The van der Waals surface area contributed by atoms with Crippen molar-refractivity contribution in [3.63, 3.8) is 0 Å². The summed E-state index contributed by atoms with van der Waals surface area (Å²) >= 11 is 0. The second-order valence-electron chi connectivity index (χ2n) is 8.52. The van der Waals surface area contributed by atoms with Gasteiger partial charge in [0, 0.05) is 0 Å². The third-order valence-electron chi connectivity index (χ3n) is 4.81. The quantitative estimate of drug-likeness (QED) is 0.577. The Morgan fingerprint density at radius 2 is 1.91 bits per heavy atom. The van der Waals surface area contributed by atoms with Crippen LogP contribution in [0.1, 0.15) is 54.4 Å². The maximum atomic E-state index is 11.7. The molecule has 1 rings (SSSR count). The van der Waals surface area contributed by atoms with E-state index >= 15 is 0 Å². The molecule has 1 heterocycles. The van der Waals surface area contributed by atoms with Gasteiger partial charge in [0.05, 0.1) is 25.2 Å². The molecule has 0 radical (unpaired) electrons. The summed E-state index contributed by atoms with van der Waals surface area (Å²) in [6.45, 7) is 17.2. The SMILES string of the molecule is COC(=O)C[C@H]1[C@@H](C)CC(C)(C)ON1O[Si](C)(C)C(C)(C)C. The monoisotopic (exact) mass is 331 g/mol. The molecule has 1 aliphatic rings. The summed E-state index contributed by atoms with van der Waals surface area (Å²) in [6.07, 6.45) is 1.16. The number of ether oxygens (including phenoxy) is 1. The fraction of sp³-hybridized carbons (Fsp3) is 0.938. The second kappa shape index (κ2) is 6.59. The number of hydroxylamine groups is 2. The number of carbonyl (C=O) groups excluding carboxylic acids is 1. The molecule has 0 spiro atoms. The van der Waals surface area contributed by atoms with Gasteiger partial charge >= 0.3 is 5.97 Å². The first-order valence-corrected chi connectivity index (χ1v) is 10.9. The molecule has 0 amide bonds. The zero-order valence-corrected chi connectivity index (χ0v) is 16.6. The van der Waals surface area contributed by atoms with Crippen molar-refractivity contribution in [1.29, 1.82) is 0 Å².